The van der Waals surface area contributed by atoms with Gasteiger partial charge in [0.15, 0.2) is 0 Å². The predicted molar refractivity (Wildman–Crippen MR) is 77.9 cm³/mol. The van der Waals surface area contributed by atoms with E-state index >= 15 is 0 Å². The molecule has 0 unspecified atom stereocenters. The molecular weight excluding hydrogens is 308 g/mol. The Morgan fingerprint density at radius 2 is 2.16 bits per heavy atom. The lowest BCUT2D eigenvalue weighted by Crippen LogP contribution is -2.51. The number of nitrogens with one attached hydrogen (secondary N) is 1. The van der Waals surface area contributed by atoms with Crippen LogP contribution in [0.5, 0.6) is 0 Å². The van der Waals surface area contributed by atoms with Gasteiger partial charge in [-0.25, -0.2) is 0 Å². The zero-order valence-electron chi connectivity index (χ0n) is 11.2. The molecule has 1 amide bonds. The Morgan fingerprint density at radius 1 is 1.47 bits per heavy atom. The van der Waals surface area contributed by atoms with Crippen LogP contribution in [0.1, 0.15) is 18.5 Å². The highest BCUT2D eigenvalue weighted by atomic mass is 79.9. The quantitative estimate of drug-likeness (QED) is 0.919. The molecule has 0 aromatic heterocycles. The van der Waals surface area contributed by atoms with Gasteiger partial charge in [0.25, 0.3) is 0 Å². The maximum Gasteiger partial charge on any atom is 0.242 e. The molecule has 0 radical (unpaired) electrons. The molecule has 1 saturated heterocycles. The Morgan fingerprint density at radius 3 is 2.79 bits per heavy atom. The molecule has 0 spiro atoms. The third kappa shape index (κ3) is 3.55. The molecule has 1 aliphatic heterocycles. The number of piperazine rings is 1. The monoisotopic (exact) mass is 326 g/mol. The van der Waals surface area contributed by atoms with Gasteiger partial charge in [0.1, 0.15) is 6.04 Å². The van der Waals surface area contributed by atoms with E-state index in [-0.39, 0.29) is 18.1 Å². The van der Waals surface area contributed by atoms with Crippen LogP contribution in [0.3, 0.4) is 0 Å². The van der Waals surface area contributed by atoms with Crippen LogP contribution >= 0.6 is 15.9 Å². The highest BCUT2D eigenvalue weighted by Gasteiger charge is 2.31. The summed E-state index contributed by atoms with van der Waals surface area (Å²) in [4.78, 5) is 14.3. The number of carbonyl (C=O) groups excluding carboxylic acids is 1. The molecule has 2 rings (SSSR count). The van der Waals surface area contributed by atoms with Crippen molar-refractivity contribution in [2.24, 2.45) is 0 Å². The molecular formula is C14H19BrN2O2. The number of carbonyl (C=O) groups is 1. The highest BCUT2D eigenvalue weighted by molar-refractivity contribution is 9.10. The lowest BCUT2D eigenvalue weighted by Gasteiger charge is -2.36. The Labute approximate surface area is 122 Å². The van der Waals surface area contributed by atoms with Crippen LogP contribution in [-0.2, 0) is 9.53 Å². The molecule has 0 aliphatic carbocycles. The van der Waals surface area contributed by atoms with E-state index in [1.807, 2.05) is 31.2 Å². The van der Waals surface area contributed by atoms with Crippen LogP contribution in [0.15, 0.2) is 28.7 Å². The third-order valence-corrected chi connectivity index (χ3v) is 3.92. The number of rotatable bonds is 4. The number of nitrogens with zero attached hydrogens (tertiary/aromatic N) is 1. The van der Waals surface area contributed by atoms with Crippen molar-refractivity contribution in [3.8, 4) is 0 Å². The van der Waals surface area contributed by atoms with Crippen molar-refractivity contribution in [3.05, 3.63) is 34.3 Å². The second-order valence-corrected chi connectivity index (χ2v) is 5.70. The lowest BCUT2D eigenvalue weighted by molar-refractivity contribution is -0.130. The topological polar surface area (TPSA) is 41.6 Å². The summed E-state index contributed by atoms with van der Waals surface area (Å²) in [6.45, 7) is 4.32. The van der Waals surface area contributed by atoms with Gasteiger partial charge in [0.2, 0.25) is 5.91 Å². The number of amides is 1. The number of benzene rings is 1. The summed E-state index contributed by atoms with van der Waals surface area (Å²) in [5.41, 5.74) is 1.02. The Balaban J connectivity index is 2.20. The van der Waals surface area contributed by atoms with Crippen molar-refractivity contribution in [3.63, 3.8) is 0 Å². The summed E-state index contributed by atoms with van der Waals surface area (Å²) in [5, 5.41) is 2.93. The average molecular weight is 327 g/mol. The van der Waals surface area contributed by atoms with Gasteiger partial charge in [0, 0.05) is 31.2 Å². The van der Waals surface area contributed by atoms with Crippen molar-refractivity contribution < 1.29 is 9.53 Å². The number of halogens is 1. The van der Waals surface area contributed by atoms with Gasteiger partial charge in [-0.15, -0.1) is 0 Å². The largest absolute Gasteiger partial charge is 0.380 e. The van der Waals surface area contributed by atoms with Gasteiger partial charge in [-0.3, -0.25) is 9.69 Å². The molecule has 2 atom stereocenters. The minimum absolute atomic E-state index is 0.0666. The Hall–Kier alpha value is -0.910. The van der Waals surface area contributed by atoms with Crippen LogP contribution in [0.25, 0.3) is 0 Å². The van der Waals surface area contributed by atoms with E-state index in [4.69, 9.17) is 4.74 Å². The van der Waals surface area contributed by atoms with Gasteiger partial charge in [0.05, 0.1) is 6.10 Å². The van der Waals surface area contributed by atoms with Crippen molar-refractivity contribution in [2.45, 2.75) is 19.1 Å². The van der Waals surface area contributed by atoms with Gasteiger partial charge in [-0.05, 0) is 24.6 Å². The van der Waals surface area contributed by atoms with Crippen LogP contribution in [0.4, 0.5) is 0 Å². The first-order valence-corrected chi connectivity index (χ1v) is 7.21. The van der Waals surface area contributed by atoms with E-state index in [0.717, 1.165) is 23.1 Å². The summed E-state index contributed by atoms with van der Waals surface area (Å²) < 4.78 is 6.33. The molecule has 0 bridgehead atoms. The van der Waals surface area contributed by atoms with Crippen molar-refractivity contribution in [2.75, 3.05) is 26.7 Å². The standard InChI is InChI=1S/C14H19BrN2O2/c1-10(19-2)9-17-8-7-16-14(18)13(17)11-3-5-12(15)6-4-11/h3-6,10,13H,7-9H2,1-2H3,(H,16,18)/t10-,13-/m0/s1. The molecule has 19 heavy (non-hydrogen) atoms. The first-order valence-electron chi connectivity index (χ1n) is 6.42. The maximum absolute atomic E-state index is 12.2. The van der Waals surface area contributed by atoms with Gasteiger partial charge in [-0.1, -0.05) is 28.1 Å². The summed E-state index contributed by atoms with van der Waals surface area (Å²) in [6, 6.07) is 7.69. The van der Waals surface area contributed by atoms with E-state index in [9.17, 15) is 4.79 Å². The normalized spacial score (nSPS) is 22.1. The number of methoxy groups -OCH3 is 1. The minimum atomic E-state index is -0.223. The first kappa shape index (κ1) is 14.5. The van der Waals surface area contributed by atoms with E-state index in [2.05, 4.69) is 26.1 Å². The molecule has 1 fully saturated rings. The Kier molecular flexibility index (Phi) is 4.96. The maximum atomic E-state index is 12.2. The fourth-order valence-electron chi connectivity index (χ4n) is 2.32. The molecule has 1 aromatic rings. The lowest BCUT2D eigenvalue weighted by atomic mass is 10.0. The summed E-state index contributed by atoms with van der Waals surface area (Å²) in [6.07, 6.45) is 0.115. The second kappa shape index (κ2) is 6.50. The molecule has 1 N–H and O–H groups in total. The van der Waals surface area contributed by atoms with Crippen molar-refractivity contribution in [1.82, 2.24) is 10.2 Å². The van der Waals surface area contributed by atoms with Gasteiger partial charge < -0.3 is 10.1 Å². The third-order valence-electron chi connectivity index (χ3n) is 3.39. The van der Waals surface area contributed by atoms with Gasteiger partial charge >= 0.3 is 0 Å². The molecule has 104 valence electrons. The number of hydrogen-bond donors (Lipinski definition) is 1. The van der Waals surface area contributed by atoms with Crippen LogP contribution in [0, 0.1) is 0 Å². The number of hydrogen-bond acceptors (Lipinski definition) is 3. The number of ether oxygens (including phenoxy) is 1. The molecule has 0 saturated carbocycles. The zero-order chi connectivity index (χ0) is 13.8. The predicted octanol–water partition coefficient (Wildman–Crippen LogP) is 1.96. The smallest absolute Gasteiger partial charge is 0.242 e. The van der Waals surface area contributed by atoms with Crippen LogP contribution in [0.2, 0.25) is 0 Å². The van der Waals surface area contributed by atoms with Crippen LogP contribution in [-0.4, -0.2) is 43.7 Å². The Bertz CT molecular complexity index is 436. The van der Waals surface area contributed by atoms with Crippen molar-refractivity contribution in [1.29, 1.82) is 0 Å². The van der Waals surface area contributed by atoms with E-state index in [1.165, 1.54) is 0 Å². The summed E-state index contributed by atoms with van der Waals surface area (Å²) in [7, 11) is 1.70. The van der Waals surface area contributed by atoms with Crippen molar-refractivity contribution >= 4 is 21.8 Å². The molecule has 1 aromatic carbocycles. The molecule has 1 aliphatic rings. The van der Waals surface area contributed by atoms with Gasteiger partial charge in [-0.2, -0.15) is 0 Å². The fraction of sp³-hybridized carbons (Fsp3) is 0.500. The fourth-order valence-corrected chi connectivity index (χ4v) is 2.59. The average Bonchev–Trinajstić information content (AvgIpc) is 2.40. The molecule has 5 heteroatoms. The SMILES string of the molecule is CO[C@@H](C)CN1CCNC(=O)[C@@H]1c1ccc(Br)cc1. The van der Waals surface area contributed by atoms with E-state index in [0.29, 0.717) is 6.54 Å². The van der Waals surface area contributed by atoms with E-state index in [1.54, 1.807) is 7.11 Å². The summed E-state index contributed by atoms with van der Waals surface area (Å²) in [5.74, 6) is 0.0666. The van der Waals surface area contributed by atoms with E-state index < -0.39 is 0 Å². The second-order valence-electron chi connectivity index (χ2n) is 4.79. The van der Waals surface area contributed by atoms with Crippen LogP contribution < -0.4 is 5.32 Å². The summed E-state index contributed by atoms with van der Waals surface area (Å²) >= 11 is 3.42. The highest BCUT2D eigenvalue weighted by Crippen LogP contribution is 2.25. The first-order chi connectivity index (χ1) is 9.11. The zero-order valence-corrected chi connectivity index (χ0v) is 12.8. The minimum Gasteiger partial charge on any atom is -0.380 e. The molecule has 4 nitrogen and oxygen atoms in total. The molecule has 1 heterocycles.